The van der Waals surface area contributed by atoms with E-state index in [2.05, 4.69) is 51.9 Å². The van der Waals surface area contributed by atoms with Crippen molar-refractivity contribution in [3.05, 3.63) is 101 Å². The van der Waals surface area contributed by atoms with Gasteiger partial charge in [-0.05, 0) is 73.1 Å². The molecule has 0 saturated heterocycles. The van der Waals surface area contributed by atoms with Gasteiger partial charge in [-0.2, -0.15) is 0 Å². The molecule has 202 valence electrons. The van der Waals surface area contributed by atoms with Crippen LogP contribution in [0.2, 0.25) is 0 Å². The highest BCUT2D eigenvalue weighted by Crippen LogP contribution is 2.36. The molecule has 0 aliphatic rings. The lowest BCUT2D eigenvalue weighted by molar-refractivity contribution is -0.125. The second-order valence-electron chi connectivity index (χ2n) is 10.4. The van der Waals surface area contributed by atoms with Crippen molar-refractivity contribution < 1.29 is 14.3 Å². The first kappa shape index (κ1) is 28.1. The summed E-state index contributed by atoms with van der Waals surface area (Å²) < 4.78 is 5.42. The van der Waals surface area contributed by atoms with E-state index in [-0.39, 0.29) is 11.9 Å². The van der Waals surface area contributed by atoms with Crippen molar-refractivity contribution in [1.29, 1.82) is 0 Å². The van der Waals surface area contributed by atoms with E-state index < -0.39 is 11.7 Å². The molecule has 2 N–H and O–H groups in total. The summed E-state index contributed by atoms with van der Waals surface area (Å²) in [6.45, 7) is 6.16. The highest BCUT2D eigenvalue weighted by molar-refractivity contribution is 7.14. The predicted octanol–water partition coefficient (Wildman–Crippen LogP) is 7.35. The molecular formula is C32H35N3O3S. The van der Waals surface area contributed by atoms with Crippen molar-refractivity contribution >= 4 is 29.0 Å². The van der Waals surface area contributed by atoms with E-state index in [1.165, 1.54) is 0 Å². The topological polar surface area (TPSA) is 70.7 Å². The van der Waals surface area contributed by atoms with Crippen LogP contribution in [0.25, 0.3) is 21.6 Å². The third kappa shape index (κ3) is 7.34. The van der Waals surface area contributed by atoms with Crippen molar-refractivity contribution in [2.75, 3.05) is 19.4 Å². The van der Waals surface area contributed by atoms with Crippen molar-refractivity contribution in [1.82, 2.24) is 10.2 Å². The van der Waals surface area contributed by atoms with E-state index in [4.69, 9.17) is 4.74 Å². The van der Waals surface area contributed by atoms with Crippen LogP contribution < -0.4 is 10.6 Å². The van der Waals surface area contributed by atoms with E-state index in [0.29, 0.717) is 6.54 Å². The number of benzene rings is 3. The molecule has 0 aliphatic carbocycles. The van der Waals surface area contributed by atoms with Crippen LogP contribution in [0.4, 0.5) is 10.5 Å². The lowest BCUT2D eigenvalue weighted by Crippen LogP contribution is -2.36. The monoisotopic (exact) mass is 541 g/mol. The summed E-state index contributed by atoms with van der Waals surface area (Å²) in [4.78, 5) is 28.0. The number of ether oxygens (including phenoxy) is 1. The van der Waals surface area contributed by atoms with Crippen LogP contribution in [0, 0.1) is 0 Å². The Balaban J connectivity index is 1.50. The molecular weight excluding hydrogens is 506 g/mol. The summed E-state index contributed by atoms with van der Waals surface area (Å²) >= 11 is 1.57. The second kappa shape index (κ2) is 12.3. The van der Waals surface area contributed by atoms with Gasteiger partial charge in [0.2, 0.25) is 5.91 Å². The first-order chi connectivity index (χ1) is 18.6. The Hall–Kier alpha value is -3.94. The van der Waals surface area contributed by atoms with Gasteiger partial charge in [-0.25, -0.2) is 4.79 Å². The summed E-state index contributed by atoms with van der Waals surface area (Å²) in [5.41, 5.74) is 5.43. The van der Waals surface area contributed by atoms with Crippen LogP contribution in [0.5, 0.6) is 0 Å². The number of carbonyl (C=O) groups excluding carboxylic acids is 2. The fraction of sp³-hybridized carbons (Fsp3) is 0.250. The molecule has 0 aliphatic heterocycles. The van der Waals surface area contributed by atoms with Gasteiger partial charge in [-0.15, -0.1) is 11.3 Å². The third-order valence-corrected chi connectivity index (χ3v) is 7.16. The zero-order valence-electron chi connectivity index (χ0n) is 23.0. The summed E-state index contributed by atoms with van der Waals surface area (Å²) in [5, 5.41) is 7.63. The molecule has 0 saturated carbocycles. The van der Waals surface area contributed by atoms with E-state index in [1.54, 1.807) is 18.4 Å². The zero-order valence-corrected chi connectivity index (χ0v) is 23.8. The minimum absolute atomic E-state index is 0.0359. The van der Waals surface area contributed by atoms with Gasteiger partial charge in [0.15, 0.2) is 0 Å². The number of nitrogens with zero attached hydrogens (tertiary/aromatic N) is 1. The van der Waals surface area contributed by atoms with Crippen LogP contribution in [0.1, 0.15) is 37.9 Å². The van der Waals surface area contributed by atoms with Gasteiger partial charge >= 0.3 is 6.09 Å². The number of likely N-dealkylation sites (N-methyl/N-ethyl adjacent to an activating group) is 2. The number of carbonyl (C=O) groups is 2. The van der Waals surface area contributed by atoms with E-state index in [1.807, 2.05) is 81.7 Å². The number of hydrogen-bond donors (Lipinski definition) is 2. The highest BCUT2D eigenvalue weighted by Gasteiger charge is 2.24. The SMILES string of the molecule is CNC(=O)[C@H](c1ccccc1)N(C)Cc1ccc(-c2cccc(-c3sccc3NC(=O)OC(C)(C)C)c2)cc1. The summed E-state index contributed by atoms with van der Waals surface area (Å²) in [7, 11) is 3.63. The van der Waals surface area contributed by atoms with Crippen molar-refractivity contribution in [2.24, 2.45) is 0 Å². The van der Waals surface area contributed by atoms with Gasteiger partial charge in [0.1, 0.15) is 11.6 Å². The van der Waals surface area contributed by atoms with Crippen LogP contribution in [0.3, 0.4) is 0 Å². The Bertz CT molecular complexity index is 1410. The molecule has 0 unspecified atom stereocenters. The van der Waals surface area contributed by atoms with E-state index in [0.717, 1.165) is 38.4 Å². The molecule has 0 radical (unpaired) electrons. The molecule has 1 atom stereocenters. The number of hydrogen-bond acceptors (Lipinski definition) is 5. The Morgan fingerprint density at radius 3 is 2.26 bits per heavy atom. The third-order valence-electron chi connectivity index (χ3n) is 6.20. The molecule has 0 fully saturated rings. The smallest absolute Gasteiger partial charge is 0.412 e. The molecule has 0 spiro atoms. The number of rotatable bonds is 8. The van der Waals surface area contributed by atoms with Crippen molar-refractivity contribution in [3.8, 4) is 21.6 Å². The highest BCUT2D eigenvalue weighted by atomic mass is 32.1. The Morgan fingerprint density at radius 2 is 1.59 bits per heavy atom. The normalized spacial score (nSPS) is 12.2. The van der Waals surface area contributed by atoms with Gasteiger partial charge in [0.25, 0.3) is 0 Å². The average Bonchev–Trinajstić information content (AvgIpc) is 3.36. The molecule has 3 aromatic carbocycles. The Labute approximate surface area is 234 Å². The molecule has 4 aromatic rings. The quantitative estimate of drug-likeness (QED) is 0.245. The maximum absolute atomic E-state index is 12.7. The van der Waals surface area contributed by atoms with Crippen LogP contribution >= 0.6 is 11.3 Å². The van der Waals surface area contributed by atoms with Gasteiger partial charge < -0.3 is 10.1 Å². The second-order valence-corrected chi connectivity index (χ2v) is 11.3. The maximum Gasteiger partial charge on any atom is 0.412 e. The van der Waals surface area contributed by atoms with Crippen LogP contribution in [-0.2, 0) is 16.1 Å². The molecule has 4 rings (SSSR count). The van der Waals surface area contributed by atoms with Gasteiger partial charge in [-0.1, -0.05) is 72.8 Å². The fourth-order valence-electron chi connectivity index (χ4n) is 4.44. The lowest BCUT2D eigenvalue weighted by Gasteiger charge is -2.27. The van der Waals surface area contributed by atoms with Crippen LogP contribution in [0.15, 0.2) is 90.3 Å². The van der Waals surface area contributed by atoms with Gasteiger partial charge in [0.05, 0.1) is 10.6 Å². The molecule has 1 heterocycles. The summed E-state index contributed by atoms with van der Waals surface area (Å²) in [6, 6.07) is 28.0. The minimum atomic E-state index is -0.563. The Kier molecular flexibility index (Phi) is 8.84. The van der Waals surface area contributed by atoms with E-state index >= 15 is 0 Å². The molecule has 7 heteroatoms. The summed E-state index contributed by atoms with van der Waals surface area (Å²) in [5.74, 6) is -0.0359. The predicted molar refractivity (Wildman–Crippen MR) is 160 cm³/mol. The lowest BCUT2D eigenvalue weighted by atomic mass is 10.00. The first-order valence-electron chi connectivity index (χ1n) is 12.9. The van der Waals surface area contributed by atoms with Gasteiger partial charge in [-0.3, -0.25) is 15.0 Å². The molecule has 0 bridgehead atoms. The zero-order chi connectivity index (χ0) is 28.0. The first-order valence-corrected chi connectivity index (χ1v) is 13.8. The number of anilines is 1. The van der Waals surface area contributed by atoms with Crippen LogP contribution in [-0.4, -0.2) is 36.6 Å². The number of nitrogens with one attached hydrogen (secondary N) is 2. The number of thiophene rings is 1. The standard InChI is InChI=1S/C32H35N3O3S/c1-32(2,3)38-31(37)34-27-18-19-39-29(27)26-13-9-12-25(20-26)23-16-14-22(15-17-23)21-35(5)28(30(36)33-4)24-10-7-6-8-11-24/h6-20,28H,21H2,1-5H3,(H,33,36)(H,34,37)/t28-/m0/s1. The van der Waals surface area contributed by atoms with Crippen molar-refractivity contribution in [2.45, 2.75) is 39.0 Å². The van der Waals surface area contributed by atoms with Gasteiger partial charge in [0, 0.05) is 13.6 Å². The minimum Gasteiger partial charge on any atom is -0.444 e. The Morgan fingerprint density at radius 1 is 0.897 bits per heavy atom. The average molecular weight is 542 g/mol. The fourth-order valence-corrected chi connectivity index (χ4v) is 5.29. The molecule has 2 amide bonds. The molecule has 6 nitrogen and oxygen atoms in total. The number of amides is 2. The summed E-state index contributed by atoms with van der Waals surface area (Å²) in [6.07, 6.45) is -0.468. The van der Waals surface area contributed by atoms with E-state index in [9.17, 15) is 9.59 Å². The molecule has 1 aromatic heterocycles. The van der Waals surface area contributed by atoms with Crippen molar-refractivity contribution in [3.63, 3.8) is 0 Å². The largest absolute Gasteiger partial charge is 0.444 e. The molecule has 39 heavy (non-hydrogen) atoms. The maximum atomic E-state index is 12.7.